The van der Waals surface area contributed by atoms with E-state index in [2.05, 4.69) is 40.5 Å². The van der Waals surface area contributed by atoms with E-state index in [0.29, 0.717) is 19.4 Å². The van der Waals surface area contributed by atoms with E-state index in [9.17, 15) is 9.59 Å². The number of nitrogens with one attached hydrogen (secondary N) is 2. The number of fused-ring (bicyclic) bond motifs is 16. The van der Waals surface area contributed by atoms with E-state index in [-0.39, 0.29) is 75.4 Å². The number of nitrogens with two attached hydrogens (primary N) is 1. The number of hydrogen-bond acceptors (Lipinski definition) is 15. The third-order valence-electron chi connectivity index (χ3n) is 7.17. The smallest absolute Gasteiger partial charge is 0.273 e. The van der Waals surface area contributed by atoms with E-state index in [4.69, 9.17) is 32.2 Å². The van der Waals surface area contributed by atoms with Crippen molar-refractivity contribution in [3.8, 4) is 46.3 Å². The van der Waals surface area contributed by atoms with Gasteiger partial charge in [0.15, 0.2) is 34.2 Å². The van der Waals surface area contributed by atoms with Gasteiger partial charge in [0, 0.05) is 0 Å². The monoisotopic (exact) mass is 629 g/mol. The van der Waals surface area contributed by atoms with Crippen molar-refractivity contribution >= 4 is 11.8 Å². The fourth-order valence-corrected chi connectivity index (χ4v) is 4.76. The molecule has 0 fully saturated rings. The number of carbonyl (C=O) groups excluding carboxylic acids is 2. The van der Waals surface area contributed by atoms with Crippen LogP contribution in [0.2, 0.25) is 0 Å². The molecule has 0 saturated carbocycles. The van der Waals surface area contributed by atoms with Gasteiger partial charge in [0.2, 0.25) is 35.3 Å². The minimum atomic E-state index is -0.631. The molecule has 4 N–H and O–H groups in total. The van der Waals surface area contributed by atoms with E-state index in [1.54, 1.807) is 0 Å². The number of rotatable bonds is 5. The summed E-state index contributed by atoms with van der Waals surface area (Å²) in [6.07, 6.45) is 9.69. The summed E-state index contributed by atoms with van der Waals surface area (Å²) in [5.41, 5.74) is 6.70. The largest absolute Gasteiger partial charge is 0.446 e. The number of unbranched alkanes of at least 4 members (excludes halogenated alkanes) is 1. The van der Waals surface area contributed by atoms with Gasteiger partial charge in [-0.15, -0.1) is 0 Å². The van der Waals surface area contributed by atoms with Gasteiger partial charge in [0.1, 0.15) is 49.7 Å². The number of nitrogens with zero attached hydrogens (tertiary/aromatic N) is 6. The van der Waals surface area contributed by atoms with Crippen molar-refractivity contribution in [1.29, 1.82) is 0 Å². The van der Waals surface area contributed by atoms with Gasteiger partial charge in [0.05, 0.1) is 0 Å². The summed E-state index contributed by atoms with van der Waals surface area (Å²) in [5, 5.41) is 5.78. The van der Waals surface area contributed by atoms with Crippen LogP contribution >= 0.6 is 0 Å². The minimum Gasteiger partial charge on any atom is -0.446 e. The van der Waals surface area contributed by atoms with Crippen LogP contribution in [0, 0.1) is 5.92 Å². The SMILES string of the molecule is CC(C)[C@@H]1NC(=O)c2coc(n2)-c2coc(n2)-c2coc(n2)[C@H](CCCCN)NC(=O)c2coc(n2)-c2coc(n2)-c2coc1n2. The summed E-state index contributed by atoms with van der Waals surface area (Å²) >= 11 is 0. The standard InChI is InChI=1S/C29H27N9O8/c1-13(2)21-29-37-20(12-46-29)28-36-17(11-45-28)25-32-15(7-41-25)22(39)31-14(5-3-4-6-30)24-34-19(9-43-24)27-35-18(10-44-27)26-33-16(8-42-26)23(40)38-21/h7-14,21H,3-6,30H2,1-2H3,(H,31,39)(H,38,40)/t14-,21-/m0/s1. The van der Waals surface area contributed by atoms with Crippen molar-refractivity contribution in [1.82, 2.24) is 40.5 Å². The lowest BCUT2D eigenvalue weighted by molar-refractivity contribution is 0.0907. The Bertz CT molecular complexity index is 1990. The third kappa shape index (κ3) is 5.58. The molecule has 12 bridgehead atoms. The van der Waals surface area contributed by atoms with Gasteiger partial charge >= 0.3 is 0 Å². The van der Waals surface area contributed by atoms with Crippen molar-refractivity contribution < 1.29 is 36.1 Å². The summed E-state index contributed by atoms with van der Waals surface area (Å²) in [5.74, 6) is -0.384. The molecule has 1 aliphatic heterocycles. The molecule has 1 aliphatic rings. The van der Waals surface area contributed by atoms with E-state index < -0.39 is 23.9 Å². The molecule has 17 nitrogen and oxygen atoms in total. The van der Waals surface area contributed by atoms with Crippen LogP contribution in [0.4, 0.5) is 0 Å². The third-order valence-corrected chi connectivity index (χ3v) is 7.17. The molecule has 6 aromatic heterocycles. The van der Waals surface area contributed by atoms with Crippen LogP contribution in [0.3, 0.4) is 0 Å². The Hall–Kier alpha value is -5.84. The van der Waals surface area contributed by atoms with Gasteiger partial charge in [-0.2, -0.15) is 0 Å². The molecule has 0 saturated heterocycles. The second-order valence-corrected chi connectivity index (χ2v) is 10.8. The van der Waals surface area contributed by atoms with Gasteiger partial charge in [-0.1, -0.05) is 13.8 Å². The second kappa shape index (κ2) is 11.9. The lowest BCUT2D eigenvalue weighted by atomic mass is 10.0. The molecular weight excluding hydrogens is 602 g/mol. The van der Waals surface area contributed by atoms with Crippen molar-refractivity contribution in [2.45, 2.75) is 45.2 Å². The maximum Gasteiger partial charge on any atom is 0.273 e. The van der Waals surface area contributed by atoms with Crippen LogP contribution in [-0.4, -0.2) is 48.3 Å². The molecule has 7 rings (SSSR count). The first-order valence-electron chi connectivity index (χ1n) is 14.4. The maximum atomic E-state index is 13.2. The highest BCUT2D eigenvalue weighted by atomic mass is 16.4. The summed E-state index contributed by atoms with van der Waals surface area (Å²) in [4.78, 5) is 52.8. The van der Waals surface area contributed by atoms with Gasteiger partial charge in [-0.3, -0.25) is 9.59 Å². The Morgan fingerprint density at radius 1 is 0.609 bits per heavy atom. The van der Waals surface area contributed by atoms with Crippen molar-refractivity contribution in [2.24, 2.45) is 11.7 Å². The van der Waals surface area contributed by atoms with E-state index in [1.807, 2.05) is 13.8 Å². The molecule has 0 spiro atoms. The molecule has 7 heterocycles. The number of aromatic nitrogens is 6. The first kappa shape index (κ1) is 28.9. The highest BCUT2D eigenvalue weighted by molar-refractivity contribution is 5.93. The van der Waals surface area contributed by atoms with E-state index in [0.717, 1.165) is 6.42 Å². The normalized spacial score (nSPS) is 16.7. The molecule has 0 radical (unpaired) electrons. The van der Waals surface area contributed by atoms with Crippen molar-refractivity contribution in [3.63, 3.8) is 0 Å². The Kier molecular flexibility index (Phi) is 7.49. The average molecular weight is 630 g/mol. The van der Waals surface area contributed by atoms with Crippen LogP contribution in [0.5, 0.6) is 0 Å². The lowest BCUT2D eigenvalue weighted by Crippen LogP contribution is -2.32. The average Bonchev–Trinajstić information content (AvgIpc) is 3.88. The van der Waals surface area contributed by atoms with Crippen LogP contribution < -0.4 is 16.4 Å². The van der Waals surface area contributed by atoms with Crippen LogP contribution in [-0.2, 0) is 0 Å². The van der Waals surface area contributed by atoms with Crippen molar-refractivity contribution in [2.75, 3.05) is 6.54 Å². The first-order chi connectivity index (χ1) is 22.4. The predicted octanol–water partition coefficient (Wildman–Crippen LogP) is 4.32. The predicted molar refractivity (Wildman–Crippen MR) is 153 cm³/mol. The first-order valence-corrected chi connectivity index (χ1v) is 14.4. The number of carbonyl (C=O) groups is 2. The topological polar surface area (TPSA) is 240 Å². The summed E-state index contributed by atoms with van der Waals surface area (Å²) < 4.78 is 33.7. The highest BCUT2D eigenvalue weighted by Gasteiger charge is 2.29. The van der Waals surface area contributed by atoms with Crippen LogP contribution in [0.1, 0.15) is 78.0 Å². The van der Waals surface area contributed by atoms with Crippen LogP contribution in [0.25, 0.3) is 46.3 Å². The lowest BCUT2D eigenvalue weighted by Gasteiger charge is -2.18. The fraction of sp³-hybridized carbons (Fsp3) is 0.310. The second-order valence-electron chi connectivity index (χ2n) is 10.8. The molecule has 2 amide bonds. The van der Waals surface area contributed by atoms with E-state index in [1.165, 1.54) is 37.6 Å². The zero-order valence-electron chi connectivity index (χ0n) is 24.6. The van der Waals surface area contributed by atoms with Gasteiger partial charge in [-0.25, -0.2) is 29.9 Å². The Morgan fingerprint density at radius 2 is 1.04 bits per heavy atom. The quantitative estimate of drug-likeness (QED) is 0.225. The Labute approximate surface area is 259 Å². The summed E-state index contributed by atoms with van der Waals surface area (Å²) in [6.45, 7) is 4.28. The van der Waals surface area contributed by atoms with Crippen molar-refractivity contribution in [3.05, 3.63) is 60.7 Å². The Morgan fingerprint density at radius 3 is 1.59 bits per heavy atom. The minimum absolute atomic E-state index is 0.00603. The molecule has 2 atom stereocenters. The highest BCUT2D eigenvalue weighted by Crippen LogP contribution is 2.30. The zero-order valence-corrected chi connectivity index (χ0v) is 24.6. The van der Waals surface area contributed by atoms with E-state index >= 15 is 0 Å². The maximum absolute atomic E-state index is 13.2. The summed E-state index contributed by atoms with van der Waals surface area (Å²) in [6, 6.07) is -1.26. The number of oxazole rings is 6. The molecule has 236 valence electrons. The Balaban J connectivity index is 1.26. The number of amides is 2. The molecule has 0 unspecified atom stereocenters. The number of hydrogen-bond donors (Lipinski definition) is 3. The van der Waals surface area contributed by atoms with Gasteiger partial charge in [0.25, 0.3) is 11.8 Å². The van der Waals surface area contributed by atoms with Gasteiger partial charge < -0.3 is 42.9 Å². The van der Waals surface area contributed by atoms with Crippen LogP contribution in [0.15, 0.2) is 64.1 Å². The molecule has 6 aromatic rings. The van der Waals surface area contributed by atoms with Gasteiger partial charge in [-0.05, 0) is 31.7 Å². The molecule has 0 aliphatic carbocycles. The molecular formula is C29H27N9O8. The summed E-state index contributed by atoms with van der Waals surface area (Å²) in [7, 11) is 0. The zero-order chi connectivity index (χ0) is 31.8. The molecule has 17 heteroatoms. The molecule has 46 heavy (non-hydrogen) atoms. The fourth-order valence-electron chi connectivity index (χ4n) is 4.76. The molecule has 0 aromatic carbocycles.